The lowest BCUT2D eigenvalue weighted by Crippen LogP contribution is -2.39. The summed E-state index contributed by atoms with van der Waals surface area (Å²) in [5.74, 6) is -0.217. The highest BCUT2D eigenvalue weighted by atomic mass is 32.2. The van der Waals surface area contributed by atoms with E-state index < -0.39 is 9.84 Å². The summed E-state index contributed by atoms with van der Waals surface area (Å²) in [6, 6.07) is 15.7. The Hall–Kier alpha value is -2.25. The quantitative estimate of drug-likeness (QED) is 0.689. The third-order valence-electron chi connectivity index (χ3n) is 4.63. The molecular formula is C19H18N2O3S2. The Bertz CT molecular complexity index is 1010. The highest BCUT2D eigenvalue weighted by Crippen LogP contribution is 2.27. The largest absolute Gasteiger partial charge is 0.333 e. The van der Waals surface area contributed by atoms with Crippen molar-refractivity contribution in [3.8, 4) is 0 Å². The lowest BCUT2D eigenvalue weighted by atomic mass is 10.2. The number of thiazole rings is 1. The van der Waals surface area contributed by atoms with Crippen molar-refractivity contribution >= 4 is 37.3 Å². The lowest BCUT2D eigenvalue weighted by Gasteiger charge is -2.23. The molecule has 0 unspecified atom stereocenters. The first kappa shape index (κ1) is 17.2. The van der Waals surface area contributed by atoms with Crippen molar-refractivity contribution in [2.24, 2.45) is 0 Å². The van der Waals surface area contributed by atoms with Crippen LogP contribution >= 0.6 is 11.3 Å². The maximum absolute atomic E-state index is 12.9. The van der Waals surface area contributed by atoms with E-state index in [4.69, 9.17) is 0 Å². The third-order valence-corrected chi connectivity index (χ3v) is 7.47. The number of fused-ring (bicyclic) bond motifs is 1. The van der Waals surface area contributed by atoms with Crippen LogP contribution in [0.1, 0.15) is 22.6 Å². The summed E-state index contributed by atoms with van der Waals surface area (Å²) in [6.07, 6.45) is 1.51. The smallest absolute Gasteiger partial charge is 0.283 e. The maximum Gasteiger partial charge on any atom is 0.283 e. The Morgan fingerprint density at radius 3 is 2.62 bits per heavy atom. The van der Waals surface area contributed by atoms with E-state index in [-0.39, 0.29) is 17.7 Å². The predicted molar refractivity (Wildman–Crippen MR) is 102 cm³/mol. The molecule has 4 rings (SSSR count). The molecule has 1 fully saturated rings. The molecule has 5 nitrogen and oxygen atoms in total. The zero-order valence-electron chi connectivity index (χ0n) is 14.0. The fourth-order valence-electron chi connectivity index (χ4n) is 3.34. The molecule has 1 saturated heterocycles. The number of benzene rings is 2. The molecule has 0 saturated carbocycles. The van der Waals surface area contributed by atoms with Crippen LogP contribution in [0.15, 0.2) is 59.5 Å². The first-order valence-corrected chi connectivity index (χ1v) is 11.0. The summed E-state index contributed by atoms with van der Waals surface area (Å²) in [5.41, 5.74) is 0.800. The summed E-state index contributed by atoms with van der Waals surface area (Å²) in [5, 5.41) is 0.426. The molecule has 0 aliphatic carbocycles. The second-order valence-electron chi connectivity index (χ2n) is 6.38. The molecule has 0 bridgehead atoms. The van der Waals surface area contributed by atoms with Gasteiger partial charge < -0.3 is 4.90 Å². The molecule has 134 valence electrons. The van der Waals surface area contributed by atoms with Gasteiger partial charge in [-0.05, 0) is 37.1 Å². The van der Waals surface area contributed by atoms with Crippen LogP contribution in [0.3, 0.4) is 0 Å². The van der Waals surface area contributed by atoms with E-state index in [1.54, 1.807) is 35.2 Å². The van der Waals surface area contributed by atoms with Gasteiger partial charge in [0, 0.05) is 12.6 Å². The summed E-state index contributed by atoms with van der Waals surface area (Å²) < 4.78 is 26.3. The standard InChI is InChI=1S/C19H18N2O3S2/c22-19(18-20-16-10-4-5-11-17(16)25-18)21-12-6-7-14(21)13-26(23,24)15-8-2-1-3-9-15/h1-5,8-11,14H,6-7,12-13H2/t14-/m0/s1. The molecule has 3 aromatic rings. The zero-order valence-corrected chi connectivity index (χ0v) is 15.7. The van der Waals surface area contributed by atoms with Gasteiger partial charge in [-0.1, -0.05) is 30.3 Å². The normalized spacial score (nSPS) is 17.7. The Morgan fingerprint density at radius 1 is 1.12 bits per heavy atom. The van der Waals surface area contributed by atoms with Gasteiger partial charge in [0.15, 0.2) is 14.8 Å². The number of hydrogen-bond acceptors (Lipinski definition) is 5. The van der Waals surface area contributed by atoms with E-state index in [1.165, 1.54) is 11.3 Å². The minimum atomic E-state index is -3.43. The molecule has 1 aromatic heterocycles. The SMILES string of the molecule is O=C(c1nc2ccccc2s1)N1CCC[C@H]1CS(=O)(=O)c1ccccc1. The summed E-state index contributed by atoms with van der Waals surface area (Å²) >= 11 is 1.36. The highest BCUT2D eigenvalue weighted by molar-refractivity contribution is 7.91. The summed E-state index contributed by atoms with van der Waals surface area (Å²) in [4.78, 5) is 19.3. The number of rotatable bonds is 4. The van der Waals surface area contributed by atoms with Crippen molar-refractivity contribution in [2.45, 2.75) is 23.8 Å². The number of hydrogen-bond donors (Lipinski definition) is 0. The first-order valence-electron chi connectivity index (χ1n) is 8.49. The van der Waals surface area contributed by atoms with Crippen LogP contribution in [-0.4, -0.2) is 42.5 Å². The van der Waals surface area contributed by atoms with E-state index in [0.717, 1.165) is 16.6 Å². The molecule has 1 amide bonds. The van der Waals surface area contributed by atoms with Gasteiger partial charge in [-0.25, -0.2) is 13.4 Å². The summed E-state index contributed by atoms with van der Waals surface area (Å²) in [7, 11) is -3.43. The van der Waals surface area contributed by atoms with Gasteiger partial charge in [0.1, 0.15) is 0 Å². The molecule has 1 atom stereocenters. The van der Waals surface area contributed by atoms with Crippen molar-refractivity contribution in [3.63, 3.8) is 0 Å². The van der Waals surface area contributed by atoms with E-state index in [1.807, 2.05) is 24.3 Å². The number of amides is 1. The predicted octanol–water partition coefficient (Wildman–Crippen LogP) is 3.37. The second-order valence-corrected chi connectivity index (χ2v) is 9.44. The Kier molecular flexibility index (Phi) is 4.50. The Labute approximate surface area is 156 Å². The number of nitrogens with zero attached hydrogens (tertiary/aromatic N) is 2. The number of para-hydroxylation sites is 1. The van der Waals surface area contributed by atoms with Gasteiger partial charge in [0.05, 0.1) is 20.9 Å². The zero-order chi connectivity index (χ0) is 18.1. The van der Waals surface area contributed by atoms with Crippen LogP contribution in [0.25, 0.3) is 10.2 Å². The molecule has 0 radical (unpaired) electrons. The molecule has 1 aliphatic heterocycles. The van der Waals surface area contributed by atoms with Crippen molar-refractivity contribution < 1.29 is 13.2 Å². The molecule has 2 heterocycles. The number of carbonyl (C=O) groups is 1. The van der Waals surface area contributed by atoms with Crippen LogP contribution in [0.2, 0.25) is 0 Å². The third kappa shape index (κ3) is 3.24. The number of carbonyl (C=O) groups excluding carboxylic acids is 1. The Morgan fingerprint density at radius 2 is 1.85 bits per heavy atom. The second kappa shape index (κ2) is 6.81. The van der Waals surface area contributed by atoms with Crippen LogP contribution < -0.4 is 0 Å². The van der Waals surface area contributed by atoms with Gasteiger partial charge in [-0.3, -0.25) is 4.79 Å². The summed E-state index contributed by atoms with van der Waals surface area (Å²) in [6.45, 7) is 0.573. The van der Waals surface area contributed by atoms with Crippen molar-refractivity contribution in [3.05, 3.63) is 59.6 Å². The fourth-order valence-corrected chi connectivity index (χ4v) is 5.88. The van der Waals surface area contributed by atoms with Gasteiger partial charge in [0.25, 0.3) is 5.91 Å². The van der Waals surface area contributed by atoms with Gasteiger partial charge in [-0.15, -0.1) is 11.3 Å². The van der Waals surface area contributed by atoms with Crippen molar-refractivity contribution in [1.29, 1.82) is 0 Å². The lowest BCUT2D eigenvalue weighted by molar-refractivity contribution is 0.0749. The highest BCUT2D eigenvalue weighted by Gasteiger charge is 2.34. The van der Waals surface area contributed by atoms with Crippen LogP contribution in [0.5, 0.6) is 0 Å². The maximum atomic E-state index is 12.9. The fraction of sp³-hybridized carbons (Fsp3) is 0.263. The average molecular weight is 386 g/mol. The van der Waals surface area contributed by atoms with Gasteiger partial charge in [0.2, 0.25) is 0 Å². The van der Waals surface area contributed by atoms with Crippen LogP contribution in [0, 0.1) is 0 Å². The minimum Gasteiger partial charge on any atom is -0.333 e. The van der Waals surface area contributed by atoms with Crippen molar-refractivity contribution in [2.75, 3.05) is 12.3 Å². The van der Waals surface area contributed by atoms with Gasteiger partial charge >= 0.3 is 0 Å². The molecule has 0 N–H and O–H groups in total. The monoisotopic (exact) mass is 386 g/mol. The minimum absolute atomic E-state index is 0.0480. The molecule has 2 aromatic carbocycles. The molecule has 1 aliphatic rings. The molecular weight excluding hydrogens is 368 g/mol. The topological polar surface area (TPSA) is 67.3 Å². The Balaban J connectivity index is 1.57. The molecule has 26 heavy (non-hydrogen) atoms. The number of likely N-dealkylation sites (tertiary alicyclic amines) is 1. The first-order chi connectivity index (χ1) is 12.5. The number of sulfone groups is 1. The van der Waals surface area contributed by atoms with Crippen molar-refractivity contribution in [1.82, 2.24) is 9.88 Å². The average Bonchev–Trinajstić information content (AvgIpc) is 3.28. The van der Waals surface area contributed by atoms with Gasteiger partial charge in [-0.2, -0.15) is 0 Å². The van der Waals surface area contributed by atoms with E-state index in [2.05, 4.69) is 4.98 Å². The number of aromatic nitrogens is 1. The van der Waals surface area contributed by atoms with E-state index in [9.17, 15) is 13.2 Å². The molecule has 0 spiro atoms. The van der Waals surface area contributed by atoms with Crippen LogP contribution in [0.4, 0.5) is 0 Å². The van der Waals surface area contributed by atoms with E-state index in [0.29, 0.717) is 22.9 Å². The van der Waals surface area contributed by atoms with E-state index >= 15 is 0 Å². The molecule has 7 heteroatoms. The van der Waals surface area contributed by atoms with Crippen LogP contribution in [-0.2, 0) is 9.84 Å².